The predicted molar refractivity (Wildman–Crippen MR) is 166 cm³/mol. The van der Waals surface area contributed by atoms with Gasteiger partial charge < -0.3 is 45.1 Å². The van der Waals surface area contributed by atoms with Crippen molar-refractivity contribution in [3.05, 3.63) is 106 Å². The van der Waals surface area contributed by atoms with Gasteiger partial charge in [-0.25, -0.2) is 14.2 Å². The van der Waals surface area contributed by atoms with Crippen molar-refractivity contribution in [1.82, 2.24) is 5.32 Å². The van der Waals surface area contributed by atoms with Crippen molar-refractivity contribution < 1.29 is 63.3 Å². The second kappa shape index (κ2) is 13.0. The molecular weight excluding hydrogens is 651 g/mol. The van der Waals surface area contributed by atoms with E-state index < -0.39 is 43.3 Å². The van der Waals surface area contributed by atoms with Gasteiger partial charge in [-0.1, -0.05) is 6.07 Å². The number of aliphatic hydroxyl groups excluding tert-OH is 1. The molecule has 2 atom stereocenters. The van der Waals surface area contributed by atoms with Crippen LogP contribution >= 0.6 is 7.60 Å². The Morgan fingerprint density at radius 3 is 2.40 bits per heavy atom. The number of aromatic hydroxyl groups is 1. The van der Waals surface area contributed by atoms with E-state index in [1.165, 1.54) is 71.6 Å². The Labute approximate surface area is 270 Å². The fourth-order valence-corrected chi connectivity index (χ4v) is 5.87. The number of aliphatic carboxylic acids is 1. The van der Waals surface area contributed by atoms with E-state index in [0.29, 0.717) is 16.5 Å². The molecule has 1 amide bonds. The molecule has 248 valence electrons. The number of nitrogens with one attached hydrogen (secondary N) is 1. The summed E-state index contributed by atoms with van der Waals surface area (Å²) in [7, 11) is -5.47. The lowest BCUT2D eigenvalue weighted by atomic mass is 9.90. The molecule has 15 nitrogen and oxygen atoms in total. The minimum Gasteiger partial charge on any atom is -0.508 e. The topological polar surface area (TPSA) is 256 Å². The van der Waals surface area contributed by atoms with Crippen LogP contribution < -0.4 is 15.3 Å². The van der Waals surface area contributed by atoms with Crippen molar-refractivity contribution in [2.45, 2.75) is 24.4 Å². The molecule has 3 aromatic rings. The monoisotopic (exact) mass is 679 g/mol. The molecule has 8 N–H and O–H groups in total. The van der Waals surface area contributed by atoms with E-state index in [2.05, 4.69) is 5.32 Å². The van der Waals surface area contributed by atoms with Crippen LogP contribution in [0.2, 0.25) is 0 Å². The average molecular weight is 680 g/mol. The smallest absolute Gasteiger partial charge is 0.368 e. The zero-order valence-corrected chi connectivity index (χ0v) is 25.6. The van der Waals surface area contributed by atoms with Crippen LogP contribution in [0.15, 0.2) is 88.3 Å². The number of carbonyl (C=O) groups is 3. The van der Waals surface area contributed by atoms with Gasteiger partial charge in [0.1, 0.15) is 23.2 Å². The molecule has 0 saturated carbocycles. The summed E-state index contributed by atoms with van der Waals surface area (Å²) in [4.78, 5) is 67.6. The van der Waals surface area contributed by atoms with Gasteiger partial charge in [0, 0.05) is 52.3 Å². The maximum Gasteiger partial charge on any atom is 0.368 e. The zero-order chi connectivity index (χ0) is 35.0. The Hall–Kier alpha value is -5.44. The Bertz CT molecular complexity index is 2160. The van der Waals surface area contributed by atoms with Gasteiger partial charge in [-0.3, -0.25) is 14.2 Å². The fraction of sp³-hybridized carbons (Fsp3) is 0.156. The summed E-state index contributed by atoms with van der Waals surface area (Å²) in [6.45, 7) is -0.465. The molecule has 2 aromatic carbocycles. The van der Waals surface area contributed by atoms with Crippen molar-refractivity contribution in [3.8, 4) is 28.2 Å². The number of aromatic carboxylic acids is 1. The summed E-state index contributed by atoms with van der Waals surface area (Å²) < 4.78 is 18.8. The second-order valence-corrected chi connectivity index (χ2v) is 12.8. The van der Waals surface area contributed by atoms with Gasteiger partial charge in [0.2, 0.25) is 0 Å². The summed E-state index contributed by atoms with van der Waals surface area (Å²) >= 11 is 0. The molecular formula is C32H28N2O13P+. The molecule has 1 aliphatic carbocycles. The number of nitrogens with zero attached hydrogens (tertiary/aromatic N) is 1. The maximum absolute atomic E-state index is 13.0. The predicted octanol–water partition coefficient (Wildman–Crippen LogP) is 1.54. The summed E-state index contributed by atoms with van der Waals surface area (Å²) in [5.41, 5.74) is 0.621. The Morgan fingerprint density at radius 2 is 1.71 bits per heavy atom. The summed E-state index contributed by atoms with van der Waals surface area (Å²) in [5.74, 6) is -4.13. The molecule has 0 saturated heterocycles. The molecule has 48 heavy (non-hydrogen) atoms. The van der Waals surface area contributed by atoms with Crippen LogP contribution in [0.5, 0.6) is 5.75 Å². The maximum atomic E-state index is 13.0. The number of hydrogen-bond donors (Lipinski definition) is 8. The summed E-state index contributed by atoms with van der Waals surface area (Å²) in [6.07, 6.45) is 0.595. The van der Waals surface area contributed by atoms with Crippen LogP contribution in [-0.2, 0) is 22.3 Å². The van der Waals surface area contributed by atoms with Crippen molar-refractivity contribution in [3.63, 3.8) is 0 Å². The van der Waals surface area contributed by atoms with Crippen molar-refractivity contribution in [1.29, 1.82) is 0 Å². The molecule has 16 heteroatoms. The molecule has 1 aromatic heterocycles. The second-order valence-electron chi connectivity index (χ2n) is 11.0. The quantitative estimate of drug-likeness (QED) is 0.0561. The first kappa shape index (κ1) is 33.9. The van der Waals surface area contributed by atoms with E-state index in [-0.39, 0.29) is 57.9 Å². The number of phenolic OH excluding ortho intramolecular Hbond substituents is 1. The minimum absolute atomic E-state index is 0.0427. The number of rotatable bonds is 11. The highest BCUT2D eigenvalue weighted by molar-refractivity contribution is 7.54. The minimum atomic E-state index is -5.47. The Morgan fingerprint density at radius 1 is 0.979 bits per heavy atom. The first-order valence-electron chi connectivity index (χ1n) is 14.1. The number of carboxylic acid groups (broad SMARTS) is 2. The van der Waals surface area contributed by atoms with Crippen LogP contribution in [0.4, 0.5) is 0 Å². The SMILES string of the molecule is O=C(NCC(O)C[n+]1cccc(CC(O)(C(=O)O)P(=O)(O)O)c1)c1ccc(-c2c3ccc(=O)cc-3oc3cc(O)ccc23)c(C(=O)O)c1. The molecule has 2 aliphatic rings. The third-order valence-corrected chi connectivity index (χ3v) is 8.89. The van der Waals surface area contributed by atoms with Gasteiger partial charge >= 0.3 is 19.5 Å². The number of hydrogen-bond acceptors (Lipinski definition) is 9. The number of carbonyl (C=O) groups excluding carboxylic acids is 1. The third-order valence-electron chi connectivity index (χ3n) is 7.57. The Kier molecular flexibility index (Phi) is 9.17. The van der Waals surface area contributed by atoms with Gasteiger partial charge in [-0.05, 0) is 48.0 Å². The number of carboxylic acids is 2. The van der Waals surface area contributed by atoms with Crippen molar-refractivity contribution in [2.75, 3.05) is 6.54 Å². The Balaban J connectivity index is 1.36. The standard InChI is InChI=1S/C32H27N2O13P/c35-19-4-7-23-26(11-19)47-27-12-20(36)5-8-24(27)28(23)22-6-3-18(10-25(22)30(39)40)29(38)33-14-21(37)16-34-9-1-2-17(15-34)13-32(43,31(41)42)48(44,45)46/h1-12,15,21,37,43H,13-14,16H2,(H5-,33,35,36,38,39,40,41,42,44,45,46)/p+1. The summed E-state index contributed by atoms with van der Waals surface area (Å²) in [5, 5.41) is 49.6. The van der Waals surface area contributed by atoms with E-state index in [4.69, 9.17) is 4.42 Å². The largest absolute Gasteiger partial charge is 0.508 e. The van der Waals surface area contributed by atoms with Gasteiger partial charge in [0.05, 0.1) is 12.1 Å². The van der Waals surface area contributed by atoms with E-state index >= 15 is 0 Å². The molecule has 0 spiro atoms. The van der Waals surface area contributed by atoms with E-state index in [0.717, 1.165) is 6.07 Å². The summed E-state index contributed by atoms with van der Waals surface area (Å²) in [6, 6.07) is 15.0. The normalized spacial score (nSPS) is 13.6. The first-order chi connectivity index (χ1) is 22.6. The third kappa shape index (κ3) is 6.81. The van der Waals surface area contributed by atoms with E-state index in [9.17, 15) is 59.1 Å². The number of aliphatic hydroxyl groups is 2. The number of aromatic nitrogens is 1. The highest BCUT2D eigenvalue weighted by atomic mass is 31.2. The molecule has 5 rings (SSSR count). The molecule has 0 fully saturated rings. The number of phenols is 1. The van der Waals surface area contributed by atoms with E-state index in [1.54, 1.807) is 6.07 Å². The van der Waals surface area contributed by atoms with E-state index in [1.807, 2.05) is 0 Å². The van der Waals surface area contributed by atoms with Crippen LogP contribution in [0.3, 0.4) is 0 Å². The van der Waals surface area contributed by atoms with Gasteiger partial charge in [0.15, 0.2) is 24.4 Å². The molecule has 2 heterocycles. The first-order valence-corrected chi connectivity index (χ1v) is 15.7. The highest BCUT2D eigenvalue weighted by Crippen LogP contribution is 2.50. The highest BCUT2D eigenvalue weighted by Gasteiger charge is 2.53. The van der Waals surface area contributed by atoms with Crippen LogP contribution in [0.1, 0.15) is 26.3 Å². The number of amides is 1. The number of benzene rings is 3. The molecule has 2 unspecified atom stereocenters. The van der Waals surface area contributed by atoms with Gasteiger partial charge in [-0.2, -0.15) is 0 Å². The molecule has 0 bridgehead atoms. The lowest BCUT2D eigenvalue weighted by Gasteiger charge is -2.23. The van der Waals surface area contributed by atoms with Gasteiger partial charge in [-0.15, -0.1) is 0 Å². The van der Waals surface area contributed by atoms with Crippen molar-refractivity contribution in [2.24, 2.45) is 0 Å². The van der Waals surface area contributed by atoms with Crippen LogP contribution in [-0.4, -0.2) is 71.2 Å². The number of pyridine rings is 1. The molecule has 1 aliphatic heterocycles. The van der Waals surface area contributed by atoms with Crippen LogP contribution in [0, 0.1) is 0 Å². The lowest BCUT2D eigenvalue weighted by Crippen LogP contribution is -2.45. The van der Waals surface area contributed by atoms with Gasteiger partial charge in [0.25, 0.3) is 11.2 Å². The fourth-order valence-electron chi connectivity index (χ4n) is 5.23. The van der Waals surface area contributed by atoms with Crippen LogP contribution in [0.25, 0.3) is 33.4 Å². The zero-order valence-electron chi connectivity index (χ0n) is 24.7. The van der Waals surface area contributed by atoms with Crippen molar-refractivity contribution >= 4 is 36.4 Å². The number of fused-ring (bicyclic) bond motifs is 2. The average Bonchev–Trinajstić information content (AvgIpc) is 3.01. The molecule has 0 radical (unpaired) electrons. The lowest BCUT2D eigenvalue weighted by molar-refractivity contribution is -0.703.